The molecule has 1 aromatic heterocycles. The molecule has 5 heteroatoms. The number of carbonyl (C=O) groups is 3. The molecule has 0 spiro atoms. The Morgan fingerprint density at radius 1 is 1.04 bits per heavy atom. The molecular weight excluding hydrogens is 342 g/mol. The average Bonchev–Trinajstić information content (AvgIpc) is 2.87. The molecule has 1 aromatic rings. The van der Waals surface area contributed by atoms with Crippen LogP contribution in [0.3, 0.4) is 0 Å². The number of aromatic amines is 1. The molecule has 0 unspecified atom stereocenters. The Hall–Kier alpha value is -1.91. The fourth-order valence-corrected chi connectivity index (χ4v) is 6.60. The monoisotopic (exact) mass is 371 g/mol. The number of ether oxygens (including phenoxy) is 1. The van der Waals surface area contributed by atoms with E-state index in [4.69, 9.17) is 4.74 Å². The van der Waals surface area contributed by atoms with Crippen LogP contribution in [0, 0.1) is 37.0 Å². The van der Waals surface area contributed by atoms with Gasteiger partial charge in [-0.1, -0.05) is 0 Å². The van der Waals surface area contributed by atoms with Crippen molar-refractivity contribution in [2.45, 2.75) is 72.3 Å². The van der Waals surface area contributed by atoms with E-state index in [2.05, 4.69) is 4.98 Å². The van der Waals surface area contributed by atoms with Crippen LogP contribution in [0.4, 0.5) is 0 Å². The van der Waals surface area contributed by atoms with Gasteiger partial charge in [0.1, 0.15) is 5.69 Å². The fraction of sp³-hybridized carbons (Fsp3) is 0.682. The number of aryl methyl sites for hydroxylation is 1. The maximum atomic E-state index is 13.3. The van der Waals surface area contributed by atoms with E-state index in [1.54, 1.807) is 20.8 Å². The molecule has 0 amide bonds. The Morgan fingerprint density at radius 2 is 1.56 bits per heavy atom. The van der Waals surface area contributed by atoms with Crippen molar-refractivity contribution in [3.05, 3.63) is 22.5 Å². The number of hydrogen-bond acceptors (Lipinski definition) is 4. The third-order valence-corrected chi connectivity index (χ3v) is 7.21. The van der Waals surface area contributed by atoms with Crippen molar-refractivity contribution < 1.29 is 19.1 Å². The van der Waals surface area contributed by atoms with Gasteiger partial charge in [-0.2, -0.15) is 0 Å². The standard InChI is InChI=1S/C22H29NO4/c1-11-18(13(3)24)12(2)23-19(11)21(26)27-14(4)20(25)22-8-15-5-16(9-22)7-17(6-15)10-22/h14-17,23H,5-10H2,1-4H3/t14-,15?,16?,17?,22?/m1/s1. The number of rotatable bonds is 5. The Bertz CT molecular complexity index is 783. The number of nitrogens with one attached hydrogen (secondary N) is 1. The van der Waals surface area contributed by atoms with E-state index in [1.165, 1.54) is 26.2 Å². The van der Waals surface area contributed by atoms with Crippen LogP contribution in [0.5, 0.6) is 0 Å². The van der Waals surface area contributed by atoms with Crippen molar-refractivity contribution in [1.82, 2.24) is 4.98 Å². The Labute approximate surface area is 160 Å². The average molecular weight is 371 g/mol. The van der Waals surface area contributed by atoms with Gasteiger partial charge in [-0.3, -0.25) is 9.59 Å². The summed E-state index contributed by atoms with van der Waals surface area (Å²) in [5.41, 5.74) is 1.79. The van der Waals surface area contributed by atoms with Crippen LogP contribution in [0.25, 0.3) is 0 Å². The van der Waals surface area contributed by atoms with Crippen molar-refractivity contribution >= 4 is 17.5 Å². The predicted molar refractivity (Wildman–Crippen MR) is 101 cm³/mol. The predicted octanol–water partition coefficient (Wildman–Crippen LogP) is 4.16. The summed E-state index contributed by atoms with van der Waals surface area (Å²) in [6.45, 7) is 6.69. The van der Waals surface area contributed by atoms with Gasteiger partial charge in [-0.05, 0) is 89.5 Å². The molecule has 0 radical (unpaired) electrons. The molecule has 4 fully saturated rings. The Morgan fingerprint density at radius 3 is 2.00 bits per heavy atom. The highest BCUT2D eigenvalue weighted by Crippen LogP contribution is 2.60. The molecule has 0 aromatic carbocycles. The summed E-state index contributed by atoms with van der Waals surface area (Å²) in [5.74, 6) is 1.49. The molecule has 1 N–H and O–H groups in total. The lowest BCUT2D eigenvalue weighted by Crippen LogP contribution is -2.52. The lowest BCUT2D eigenvalue weighted by Gasteiger charge is -2.56. The maximum Gasteiger partial charge on any atom is 0.355 e. The molecule has 4 aliphatic carbocycles. The van der Waals surface area contributed by atoms with Gasteiger partial charge in [0, 0.05) is 16.7 Å². The molecule has 27 heavy (non-hydrogen) atoms. The molecule has 146 valence electrons. The summed E-state index contributed by atoms with van der Waals surface area (Å²) in [4.78, 5) is 40.7. The number of ketones is 2. The molecular formula is C22H29NO4. The minimum absolute atomic E-state index is 0.0852. The number of aromatic nitrogens is 1. The summed E-state index contributed by atoms with van der Waals surface area (Å²) < 4.78 is 5.59. The highest BCUT2D eigenvalue weighted by atomic mass is 16.5. The molecule has 4 aliphatic rings. The zero-order valence-corrected chi connectivity index (χ0v) is 16.7. The highest BCUT2D eigenvalue weighted by molar-refractivity contribution is 6.01. The van der Waals surface area contributed by atoms with Gasteiger partial charge in [0.05, 0.1) is 0 Å². The Balaban J connectivity index is 1.50. The number of esters is 1. The molecule has 1 heterocycles. The van der Waals surface area contributed by atoms with Gasteiger partial charge in [-0.25, -0.2) is 4.79 Å². The zero-order chi connectivity index (χ0) is 19.5. The SMILES string of the molecule is CC(=O)c1c(C)[nH]c(C(=O)O[C@H](C)C(=O)C23CC4CC(CC(C4)C2)C3)c1C. The van der Waals surface area contributed by atoms with E-state index in [9.17, 15) is 14.4 Å². The first kappa shape index (κ1) is 18.5. The number of H-pyrrole nitrogens is 1. The van der Waals surface area contributed by atoms with Gasteiger partial charge in [0.15, 0.2) is 17.7 Å². The highest BCUT2D eigenvalue weighted by Gasteiger charge is 2.55. The van der Waals surface area contributed by atoms with Crippen molar-refractivity contribution in [3.63, 3.8) is 0 Å². The quantitative estimate of drug-likeness (QED) is 0.623. The largest absolute Gasteiger partial charge is 0.450 e. The molecule has 1 atom stereocenters. The van der Waals surface area contributed by atoms with Gasteiger partial charge < -0.3 is 9.72 Å². The summed E-state index contributed by atoms with van der Waals surface area (Å²) in [6, 6.07) is 0. The summed E-state index contributed by atoms with van der Waals surface area (Å²) in [6.07, 6.45) is 5.97. The van der Waals surface area contributed by atoms with E-state index < -0.39 is 12.1 Å². The molecule has 0 saturated heterocycles. The van der Waals surface area contributed by atoms with Crippen molar-refractivity contribution in [1.29, 1.82) is 0 Å². The molecule has 0 aliphatic heterocycles. The zero-order valence-electron chi connectivity index (χ0n) is 16.7. The van der Waals surface area contributed by atoms with Crippen LogP contribution >= 0.6 is 0 Å². The third-order valence-electron chi connectivity index (χ3n) is 7.21. The summed E-state index contributed by atoms with van der Waals surface area (Å²) >= 11 is 0. The van der Waals surface area contributed by atoms with Crippen molar-refractivity contribution in [2.24, 2.45) is 23.2 Å². The first-order valence-corrected chi connectivity index (χ1v) is 10.2. The van der Waals surface area contributed by atoms with E-state index in [1.807, 2.05) is 0 Å². The lowest BCUT2D eigenvalue weighted by molar-refractivity contribution is -0.152. The van der Waals surface area contributed by atoms with Crippen molar-refractivity contribution in [3.8, 4) is 0 Å². The molecule has 5 rings (SSSR count). The second kappa shape index (κ2) is 6.32. The van der Waals surface area contributed by atoms with Crippen LogP contribution < -0.4 is 0 Å². The minimum atomic E-state index is -0.752. The van der Waals surface area contributed by atoms with Gasteiger partial charge >= 0.3 is 5.97 Å². The van der Waals surface area contributed by atoms with E-state index in [0.717, 1.165) is 19.3 Å². The lowest BCUT2D eigenvalue weighted by atomic mass is 9.48. The smallest absolute Gasteiger partial charge is 0.355 e. The third kappa shape index (κ3) is 2.95. The molecule has 5 nitrogen and oxygen atoms in total. The van der Waals surface area contributed by atoms with Crippen LogP contribution in [0.1, 0.15) is 84.5 Å². The summed E-state index contributed by atoms with van der Waals surface area (Å²) in [5, 5.41) is 0. The van der Waals surface area contributed by atoms with Crippen LogP contribution in [-0.2, 0) is 9.53 Å². The van der Waals surface area contributed by atoms with E-state index >= 15 is 0 Å². The van der Waals surface area contributed by atoms with Crippen molar-refractivity contribution in [2.75, 3.05) is 0 Å². The first-order valence-electron chi connectivity index (χ1n) is 10.2. The molecule has 4 saturated carbocycles. The van der Waals surface area contributed by atoms with Crippen LogP contribution in [-0.4, -0.2) is 28.6 Å². The van der Waals surface area contributed by atoms with Gasteiger partial charge in [0.25, 0.3) is 0 Å². The van der Waals surface area contributed by atoms with E-state index in [0.29, 0.717) is 34.6 Å². The first-order chi connectivity index (χ1) is 12.7. The summed E-state index contributed by atoms with van der Waals surface area (Å²) in [7, 11) is 0. The number of Topliss-reactive ketones (excluding diaryl/α,β-unsaturated/α-hetero) is 2. The normalized spacial score (nSPS) is 32.4. The second-order valence-electron chi connectivity index (χ2n) is 9.29. The van der Waals surface area contributed by atoms with Gasteiger partial charge in [0.2, 0.25) is 0 Å². The number of carbonyl (C=O) groups excluding carboxylic acids is 3. The topological polar surface area (TPSA) is 76.2 Å². The van der Waals surface area contributed by atoms with Gasteiger partial charge in [-0.15, -0.1) is 0 Å². The number of hydrogen-bond donors (Lipinski definition) is 1. The van der Waals surface area contributed by atoms with Crippen LogP contribution in [0.15, 0.2) is 0 Å². The Kier molecular flexibility index (Phi) is 4.32. The minimum Gasteiger partial charge on any atom is -0.450 e. The maximum absolute atomic E-state index is 13.3. The fourth-order valence-electron chi connectivity index (χ4n) is 6.60. The second-order valence-corrected chi connectivity index (χ2v) is 9.29. The van der Waals surface area contributed by atoms with E-state index in [-0.39, 0.29) is 22.7 Å². The molecule has 4 bridgehead atoms. The van der Waals surface area contributed by atoms with Crippen LogP contribution in [0.2, 0.25) is 0 Å².